The van der Waals surface area contributed by atoms with Crippen molar-refractivity contribution in [2.45, 2.75) is 43.3 Å². The Labute approximate surface area is 190 Å². The molecule has 0 saturated carbocycles. The van der Waals surface area contributed by atoms with Gasteiger partial charge in [0.2, 0.25) is 0 Å². The fourth-order valence-electron chi connectivity index (χ4n) is 3.83. The molecule has 1 N–H and O–H groups in total. The summed E-state index contributed by atoms with van der Waals surface area (Å²) in [5, 5.41) is 0. The number of nitrogens with zero attached hydrogens (tertiary/aromatic N) is 1. The van der Waals surface area contributed by atoms with E-state index in [9.17, 15) is 26.4 Å². The van der Waals surface area contributed by atoms with Gasteiger partial charge in [0.1, 0.15) is 10.6 Å². The Bertz CT molecular complexity index is 1140. The van der Waals surface area contributed by atoms with Crippen molar-refractivity contribution in [3.63, 3.8) is 0 Å². The minimum atomic E-state index is -4.66. The lowest BCUT2D eigenvalue weighted by molar-refractivity contribution is -0.137. The maximum absolute atomic E-state index is 13.4. The molecular formula is C22H25F3N2O5S. The predicted octanol–water partition coefficient (Wildman–Crippen LogP) is 4.68. The zero-order valence-corrected chi connectivity index (χ0v) is 19.2. The number of halogens is 3. The minimum Gasteiger partial charge on any atom is -0.495 e. The SMILES string of the molecule is COC(=O)c1ccc(OC)c(S(=O)(=O)Nc2cc(C(F)(F)F)ccc2N2CCCC[C@H]2C)c1. The second kappa shape index (κ2) is 9.50. The van der Waals surface area contributed by atoms with Gasteiger partial charge in [-0.2, -0.15) is 13.2 Å². The van der Waals surface area contributed by atoms with E-state index >= 15 is 0 Å². The van der Waals surface area contributed by atoms with Gasteiger partial charge >= 0.3 is 12.1 Å². The number of rotatable bonds is 6. The Balaban J connectivity index is 2.11. The van der Waals surface area contributed by atoms with Crippen LogP contribution in [-0.2, 0) is 20.9 Å². The first-order valence-corrected chi connectivity index (χ1v) is 11.7. The highest BCUT2D eigenvalue weighted by Crippen LogP contribution is 2.39. The molecule has 1 saturated heterocycles. The molecule has 1 atom stereocenters. The normalized spacial score (nSPS) is 16.9. The molecule has 0 amide bonds. The van der Waals surface area contributed by atoms with E-state index in [1.54, 1.807) is 0 Å². The Hall–Kier alpha value is -2.95. The molecule has 7 nitrogen and oxygen atoms in total. The van der Waals surface area contributed by atoms with Crippen LogP contribution in [0.3, 0.4) is 0 Å². The summed E-state index contributed by atoms with van der Waals surface area (Å²) in [6.45, 7) is 2.53. The fraction of sp³-hybridized carbons (Fsp3) is 0.409. The van der Waals surface area contributed by atoms with E-state index in [0.29, 0.717) is 12.2 Å². The number of carbonyl (C=O) groups excluding carboxylic acids is 1. The van der Waals surface area contributed by atoms with Crippen molar-refractivity contribution in [1.29, 1.82) is 0 Å². The number of methoxy groups -OCH3 is 2. The lowest BCUT2D eigenvalue weighted by Crippen LogP contribution is -2.38. The second-order valence-corrected chi connectivity index (χ2v) is 9.38. The number of nitrogens with one attached hydrogen (secondary N) is 1. The van der Waals surface area contributed by atoms with Gasteiger partial charge in [0, 0.05) is 12.6 Å². The number of anilines is 2. The van der Waals surface area contributed by atoms with Crippen molar-refractivity contribution in [2.75, 3.05) is 30.4 Å². The molecule has 1 aliphatic heterocycles. The van der Waals surface area contributed by atoms with Crippen LogP contribution in [0.4, 0.5) is 24.5 Å². The molecule has 0 bridgehead atoms. The summed E-state index contributed by atoms with van der Waals surface area (Å²) in [6.07, 6.45) is -2.00. The third-order valence-corrected chi connectivity index (χ3v) is 6.94. The Morgan fingerprint density at radius 2 is 1.85 bits per heavy atom. The summed E-state index contributed by atoms with van der Waals surface area (Å²) in [7, 11) is -2.04. The monoisotopic (exact) mass is 486 g/mol. The quantitative estimate of drug-likeness (QED) is 0.597. The molecule has 0 radical (unpaired) electrons. The Kier molecular flexibility index (Phi) is 7.11. The van der Waals surface area contributed by atoms with Crippen molar-refractivity contribution < 1.29 is 35.9 Å². The van der Waals surface area contributed by atoms with Gasteiger partial charge in [0.25, 0.3) is 10.0 Å². The number of hydrogen-bond acceptors (Lipinski definition) is 6. The molecule has 11 heteroatoms. The van der Waals surface area contributed by atoms with Crippen LogP contribution in [0.1, 0.15) is 42.1 Å². The molecule has 2 aromatic carbocycles. The average Bonchev–Trinajstić information content (AvgIpc) is 2.77. The molecule has 33 heavy (non-hydrogen) atoms. The zero-order valence-electron chi connectivity index (χ0n) is 18.4. The van der Waals surface area contributed by atoms with Gasteiger partial charge in [-0.25, -0.2) is 13.2 Å². The summed E-state index contributed by atoms with van der Waals surface area (Å²) in [4.78, 5) is 13.4. The fourth-order valence-corrected chi connectivity index (χ4v) is 5.09. The number of benzene rings is 2. The van der Waals surface area contributed by atoms with Crippen molar-refractivity contribution in [2.24, 2.45) is 0 Å². The number of alkyl halides is 3. The Morgan fingerprint density at radius 3 is 2.45 bits per heavy atom. The third kappa shape index (κ3) is 5.35. The molecule has 1 heterocycles. The first-order chi connectivity index (χ1) is 15.5. The van der Waals surface area contributed by atoms with Crippen LogP contribution >= 0.6 is 0 Å². The number of hydrogen-bond donors (Lipinski definition) is 1. The average molecular weight is 487 g/mol. The molecule has 1 aliphatic rings. The van der Waals surface area contributed by atoms with E-state index in [2.05, 4.69) is 9.46 Å². The van der Waals surface area contributed by atoms with Gasteiger partial charge < -0.3 is 14.4 Å². The highest BCUT2D eigenvalue weighted by Gasteiger charge is 2.33. The van der Waals surface area contributed by atoms with E-state index in [0.717, 1.165) is 44.6 Å². The molecule has 3 rings (SSSR count). The van der Waals surface area contributed by atoms with Gasteiger partial charge in [-0.3, -0.25) is 4.72 Å². The maximum atomic E-state index is 13.4. The molecule has 0 spiro atoms. The van der Waals surface area contributed by atoms with Crippen molar-refractivity contribution in [3.8, 4) is 5.75 Å². The largest absolute Gasteiger partial charge is 0.495 e. The summed E-state index contributed by atoms with van der Waals surface area (Å²) < 4.78 is 78.8. The second-order valence-electron chi connectivity index (χ2n) is 7.73. The molecule has 0 unspecified atom stereocenters. The molecule has 1 fully saturated rings. The summed E-state index contributed by atoms with van der Waals surface area (Å²) in [6, 6.07) is 6.69. The number of sulfonamides is 1. The molecular weight excluding hydrogens is 461 g/mol. The topological polar surface area (TPSA) is 84.9 Å². The first kappa shape index (κ1) is 24.7. The van der Waals surface area contributed by atoms with E-state index in [1.165, 1.54) is 25.3 Å². The van der Waals surface area contributed by atoms with E-state index < -0.39 is 32.6 Å². The smallest absolute Gasteiger partial charge is 0.416 e. The van der Waals surface area contributed by atoms with Gasteiger partial charge in [0.15, 0.2) is 0 Å². The van der Waals surface area contributed by atoms with Crippen LogP contribution in [0.5, 0.6) is 5.75 Å². The zero-order chi connectivity index (χ0) is 24.4. The lowest BCUT2D eigenvalue weighted by Gasteiger charge is -2.36. The van der Waals surface area contributed by atoms with Crippen LogP contribution in [-0.4, -0.2) is 41.2 Å². The van der Waals surface area contributed by atoms with Gasteiger partial charge in [-0.1, -0.05) is 0 Å². The highest BCUT2D eigenvalue weighted by atomic mass is 32.2. The summed E-state index contributed by atoms with van der Waals surface area (Å²) in [5.41, 5.74) is -0.887. The molecule has 0 aromatic heterocycles. The van der Waals surface area contributed by atoms with Gasteiger partial charge in [-0.05, 0) is 62.6 Å². The predicted molar refractivity (Wildman–Crippen MR) is 117 cm³/mol. The van der Waals surface area contributed by atoms with Crippen LogP contribution in [0, 0.1) is 0 Å². The Morgan fingerprint density at radius 1 is 1.12 bits per heavy atom. The van der Waals surface area contributed by atoms with Crippen molar-refractivity contribution in [1.82, 2.24) is 0 Å². The first-order valence-electron chi connectivity index (χ1n) is 10.2. The molecule has 180 valence electrons. The standard InChI is InChI=1S/C22H25F3N2O5S/c1-14-6-4-5-11-27(14)18-9-8-16(22(23,24)25)13-17(18)26-33(29,30)20-12-15(21(28)32-3)7-10-19(20)31-2/h7-10,12-14,26H,4-6,11H2,1-3H3/t14-/m1/s1. The van der Waals surface area contributed by atoms with E-state index in [4.69, 9.17) is 4.74 Å². The van der Waals surface area contributed by atoms with Gasteiger partial charge in [-0.15, -0.1) is 0 Å². The third-order valence-electron chi connectivity index (χ3n) is 5.55. The van der Waals surface area contributed by atoms with Crippen molar-refractivity contribution >= 4 is 27.4 Å². The lowest BCUT2D eigenvalue weighted by atomic mass is 10.0. The van der Waals surface area contributed by atoms with Crippen LogP contribution < -0.4 is 14.4 Å². The van der Waals surface area contributed by atoms with Crippen LogP contribution in [0.2, 0.25) is 0 Å². The summed E-state index contributed by atoms with van der Waals surface area (Å²) >= 11 is 0. The number of ether oxygens (including phenoxy) is 2. The highest BCUT2D eigenvalue weighted by molar-refractivity contribution is 7.92. The van der Waals surface area contributed by atoms with Crippen molar-refractivity contribution in [3.05, 3.63) is 47.5 Å². The number of piperidine rings is 1. The van der Waals surface area contributed by atoms with Crippen LogP contribution in [0.25, 0.3) is 0 Å². The molecule has 2 aromatic rings. The molecule has 0 aliphatic carbocycles. The minimum absolute atomic E-state index is 0.0240. The van der Waals surface area contributed by atoms with E-state index in [1.807, 2.05) is 11.8 Å². The number of carbonyl (C=O) groups is 1. The van der Waals surface area contributed by atoms with Gasteiger partial charge in [0.05, 0.1) is 36.7 Å². The maximum Gasteiger partial charge on any atom is 0.416 e. The van der Waals surface area contributed by atoms with Crippen LogP contribution in [0.15, 0.2) is 41.3 Å². The number of esters is 1. The summed E-state index contributed by atoms with van der Waals surface area (Å²) in [5.74, 6) is -0.842. The van der Waals surface area contributed by atoms with E-state index in [-0.39, 0.29) is 23.0 Å².